The Morgan fingerprint density at radius 3 is 2.90 bits per heavy atom. The summed E-state index contributed by atoms with van der Waals surface area (Å²) in [6, 6.07) is 10.2. The molecule has 1 aliphatic rings. The van der Waals surface area contributed by atoms with Crippen LogP contribution in [0.1, 0.15) is 24.8 Å². The van der Waals surface area contributed by atoms with Crippen molar-refractivity contribution in [3.05, 3.63) is 35.9 Å². The molecule has 1 fully saturated rings. The molecule has 2 aromatic rings. The zero-order valence-corrected chi connectivity index (χ0v) is 12.5. The summed E-state index contributed by atoms with van der Waals surface area (Å²) in [4.78, 5) is 11.6. The molecule has 0 amide bonds. The second-order valence-corrected chi connectivity index (χ2v) is 7.10. The van der Waals surface area contributed by atoms with Crippen LogP contribution in [0.4, 0.5) is 5.13 Å². The van der Waals surface area contributed by atoms with E-state index in [-0.39, 0.29) is 5.25 Å². The van der Waals surface area contributed by atoms with Gasteiger partial charge < -0.3 is 5.32 Å². The Labute approximate surface area is 126 Å². The first kappa shape index (κ1) is 13.6. The van der Waals surface area contributed by atoms with Crippen LogP contribution >= 0.6 is 23.1 Å². The third-order valence-electron chi connectivity index (χ3n) is 3.18. The van der Waals surface area contributed by atoms with Gasteiger partial charge in [-0.25, -0.2) is 0 Å². The van der Waals surface area contributed by atoms with Gasteiger partial charge >= 0.3 is 0 Å². The molecular formula is C14H15N3OS2. The highest BCUT2D eigenvalue weighted by molar-refractivity contribution is 8.02. The van der Waals surface area contributed by atoms with Crippen molar-refractivity contribution in [2.24, 2.45) is 0 Å². The quantitative estimate of drug-likeness (QED) is 0.918. The van der Waals surface area contributed by atoms with Gasteiger partial charge in [-0.15, -0.1) is 10.2 Å². The lowest BCUT2D eigenvalue weighted by molar-refractivity contribution is -0.116. The van der Waals surface area contributed by atoms with E-state index in [1.165, 1.54) is 16.9 Å². The number of nitrogens with zero attached hydrogens (tertiary/aromatic N) is 2. The van der Waals surface area contributed by atoms with Crippen LogP contribution in [0.2, 0.25) is 0 Å². The first-order chi connectivity index (χ1) is 9.81. The molecule has 3 rings (SSSR count). The third kappa shape index (κ3) is 3.37. The maximum absolute atomic E-state index is 11.6. The van der Waals surface area contributed by atoms with Crippen LogP contribution in [0.15, 0.2) is 34.7 Å². The lowest BCUT2D eigenvalue weighted by Crippen LogP contribution is -2.07. The van der Waals surface area contributed by atoms with Gasteiger partial charge in [-0.3, -0.25) is 4.79 Å². The van der Waals surface area contributed by atoms with Gasteiger partial charge in [-0.05, 0) is 18.4 Å². The van der Waals surface area contributed by atoms with Crippen LogP contribution in [0.3, 0.4) is 0 Å². The number of carbonyl (C=O) groups excluding carboxylic acids is 1. The smallest absolute Gasteiger partial charge is 0.206 e. The highest BCUT2D eigenvalue weighted by Crippen LogP contribution is 2.35. The molecular weight excluding hydrogens is 290 g/mol. The Morgan fingerprint density at radius 2 is 2.15 bits per heavy atom. The SMILES string of the molecule is O=C1CCC[C@@H]1Sc1nnc(NCc2ccccc2)s1. The number of Topliss-reactive ketones (excluding diaryl/α,β-unsaturated/α-hetero) is 1. The molecule has 0 saturated heterocycles. The number of hydrogen-bond donors (Lipinski definition) is 1. The van der Waals surface area contributed by atoms with Crippen molar-refractivity contribution >= 4 is 34.0 Å². The highest BCUT2D eigenvalue weighted by atomic mass is 32.2. The lowest BCUT2D eigenvalue weighted by Gasteiger charge is -2.02. The Balaban J connectivity index is 1.55. The van der Waals surface area contributed by atoms with Gasteiger partial charge in [0.1, 0.15) is 5.78 Å². The number of rotatable bonds is 5. The second kappa shape index (κ2) is 6.37. The highest BCUT2D eigenvalue weighted by Gasteiger charge is 2.26. The van der Waals surface area contributed by atoms with Gasteiger partial charge in [-0.1, -0.05) is 53.4 Å². The lowest BCUT2D eigenvalue weighted by atomic mass is 10.2. The summed E-state index contributed by atoms with van der Waals surface area (Å²) in [5.41, 5.74) is 1.21. The predicted molar refractivity (Wildman–Crippen MR) is 82.2 cm³/mol. The van der Waals surface area contributed by atoms with Gasteiger partial charge in [0.2, 0.25) is 5.13 Å². The molecule has 1 aromatic heterocycles. The van der Waals surface area contributed by atoms with Gasteiger partial charge in [0.05, 0.1) is 5.25 Å². The second-order valence-electron chi connectivity index (χ2n) is 4.68. The summed E-state index contributed by atoms with van der Waals surface area (Å²) in [5.74, 6) is 0.351. The third-order valence-corrected chi connectivity index (χ3v) is 5.47. The maximum Gasteiger partial charge on any atom is 0.206 e. The minimum Gasteiger partial charge on any atom is -0.356 e. The van der Waals surface area contributed by atoms with Crippen LogP contribution in [-0.2, 0) is 11.3 Å². The Morgan fingerprint density at radius 1 is 1.30 bits per heavy atom. The fourth-order valence-corrected chi connectivity index (χ4v) is 4.25. The van der Waals surface area contributed by atoms with E-state index in [0.717, 1.165) is 35.3 Å². The largest absolute Gasteiger partial charge is 0.356 e. The summed E-state index contributed by atoms with van der Waals surface area (Å²) in [6.45, 7) is 0.739. The molecule has 104 valence electrons. The van der Waals surface area contributed by atoms with E-state index in [0.29, 0.717) is 5.78 Å². The van der Waals surface area contributed by atoms with E-state index in [1.54, 1.807) is 11.8 Å². The maximum atomic E-state index is 11.6. The molecule has 0 spiro atoms. The van der Waals surface area contributed by atoms with Crippen molar-refractivity contribution in [2.45, 2.75) is 35.4 Å². The normalized spacial score (nSPS) is 18.4. The van der Waals surface area contributed by atoms with Crippen molar-refractivity contribution in [3.8, 4) is 0 Å². The van der Waals surface area contributed by atoms with E-state index in [4.69, 9.17) is 0 Å². The van der Waals surface area contributed by atoms with Crippen molar-refractivity contribution in [1.82, 2.24) is 10.2 Å². The molecule has 0 unspecified atom stereocenters. The number of thioether (sulfide) groups is 1. The number of hydrogen-bond acceptors (Lipinski definition) is 6. The van der Waals surface area contributed by atoms with Crippen molar-refractivity contribution in [1.29, 1.82) is 0 Å². The van der Waals surface area contributed by atoms with E-state index in [2.05, 4.69) is 27.6 Å². The molecule has 0 radical (unpaired) electrons. The summed E-state index contributed by atoms with van der Waals surface area (Å²) in [7, 11) is 0. The van der Waals surface area contributed by atoms with Crippen LogP contribution < -0.4 is 5.32 Å². The number of aromatic nitrogens is 2. The number of benzene rings is 1. The monoisotopic (exact) mass is 305 g/mol. The van der Waals surface area contributed by atoms with Crippen LogP contribution in [0, 0.1) is 0 Å². The molecule has 1 heterocycles. The van der Waals surface area contributed by atoms with Crippen LogP contribution in [0.25, 0.3) is 0 Å². The van der Waals surface area contributed by atoms with E-state index in [1.807, 2.05) is 18.2 Å². The van der Waals surface area contributed by atoms with Gasteiger partial charge in [0, 0.05) is 13.0 Å². The summed E-state index contributed by atoms with van der Waals surface area (Å²) in [6.07, 6.45) is 2.69. The molecule has 1 saturated carbocycles. The van der Waals surface area contributed by atoms with Crippen LogP contribution in [0.5, 0.6) is 0 Å². The van der Waals surface area contributed by atoms with E-state index >= 15 is 0 Å². The number of ketones is 1. The number of carbonyl (C=O) groups is 1. The number of nitrogens with one attached hydrogen (secondary N) is 1. The molecule has 1 aromatic carbocycles. The van der Waals surface area contributed by atoms with Crippen molar-refractivity contribution in [2.75, 3.05) is 5.32 Å². The Kier molecular flexibility index (Phi) is 4.32. The zero-order chi connectivity index (χ0) is 13.8. The Bertz CT molecular complexity index is 585. The van der Waals surface area contributed by atoms with Crippen LogP contribution in [-0.4, -0.2) is 21.2 Å². The molecule has 20 heavy (non-hydrogen) atoms. The Hall–Kier alpha value is -1.40. The van der Waals surface area contributed by atoms with Crippen molar-refractivity contribution in [3.63, 3.8) is 0 Å². The first-order valence-electron chi connectivity index (χ1n) is 6.62. The predicted octanol–water partition coefficient (Wildman–Crippen LogP) is 3.36. The standard InChI is InChI=1S/C14H15N3OS2/c18-11-7-4-8-12(11)19-14-17-16-13(20-14)15-9-10-5-2-1-3-6-10/h1-3,5-6,12H,4,7-9H2,(H,15,16)/t12-/m0/s1. The van der Waals surface area contributed by atoms with E-state index < -0.39 is 0 Å². The van der Waals surface area contributed by atoms with Gasteiger partial charge in [0.25, 0.3) is 0 Å². The zero-order valence-electron chi connectivity index (χ0n) is 10.9. The molecule has 6 heteroatoms. The summed E-state index contributed by atoms with van der Waals surface area (Å²) >= 11 is 3.08. The molecule has 1 atom stereocenters. The molecule has 4 nitrogen and oxygen atoms in total. The molecule has 0 aliphatic heterocycles. The fourth-order valence-electron chi connectivity index (χ4n) is 2.13. The number of anilines is 1. The molecule has 1 N–H and O–H groups in total. The average Bonchev–Trinajstić information content (AvgIpc) is 3.08. The van der Waals surface area contributed by atoms with Gasteiger partial charge in [0.15, 0.2) is 4.34 Å². The minimum absolute atomic E-state index is 0.0879. The minimum atomic E-state index is 0.0879. The first-order valence-corrected chi connectivity index (χ1v) is 8.31. The molecule has 0 bridgehead atoms. The summed E-state index contributed by atoms with van der Waals surface area (Å²) < 4.78 is 0.876. The van der Waals surface area contributed by atoms with Crippen molar-refractivity contribution < 1.29 is 4.79 Å². The summed E-state index contributed by atoms with van der Waals surface area (Å²) in [5, 5.41) is 12.4. The van der Waals surface area contributed by atoms with Gasteiger partial charge in [-0.2, -0.15) is 0 Å². The average molecular weight is 305 g/mol. The van der Waals surface area contributed by atoms with E-state index in [9.17, 15) is 4.79 Å². The fraction of sp³-hybridized carbons (Fsp3) is 0.357. The molecule has 1 aliphatic carbocycles. The topological polar surface area (TPSA) is 54.9 Å².